The van der Waals surface area contributed by atoms with E-state index in [0.717, 1.165) is 5.56 Å². The Bertz CT molecular complexity index is 501. The monoisotopic (exact) mass is 274 g/mol. The molecule has 5 nitrogen and oxygen atoms in total. The van der Waals surface area contributed by atoms with Crippen LogP contribution in [0.4, 0.5) is 0 Å². The van der Waals surface area contributed by atoms with Gasteiger partial charge in [0.15, 0.2) is 0 Å². The van der Waals surface area contributed by atoms with Crippen LogP contribution in [0.1, 0.15) is 31.4 Å². The van der Waals surface area contributed by atoms with Crippen LogP contribution in [-0.4, -0.2) is 41.1 Å². The zero-order valence-electron chi connectivity index (χ0n) is 11.5. The van der Waals surface area contributed by atoms with Crippen LogP contribution in [0.15, 0.2) is 30.3 Å². The number of carbonyl (C=O) groups is 2. The third-order valence-corrected chi connectivity index (χ3v) is 4.04. The smallest absolute Gasteiger partial charge is 0.230 e. The van der Waals surface area contributed by atoms with Crippen molar-refractivity contribution in [3.05, 3.63) is 35.9 Å². The second-order valence-electron chi connectivity index (χ2n) is 5.31. The molecule has 0 spiro atoms. The number of nitrogens with zero attached hydrogens (tertiary/aromatic N) is 2. The summed E-state index contributed by atoms with van der Waals surface area (Å²) in [6.45, 7) is 2.84. The van der Waals surface area contributed by atoms with Crippen molar-refractivity contribution >= 4 is 11.8 Å². The first-order valence-electron chi connectivity index (χ1n) is 6.90. The summed E-state index contributed by atoms with van der Waals surface area (Å²) in [6, 6.07) is 10.2. The summed E-state index contributed by atoms with van der Waals surface area (Å²) in [7, 11) is 0. The van der Waals surface area contributed by atoms with Crippen LogP contribution < -0.4 is 0 Å². The van der Waals surface area contributed by atoms with E-state index in [1.807, 2.05) is 35.2 Å². The van der Waals surface area contributed by atoms with Crippen LogP contribution in [-0.2, 0) is 14.3 Å². The molecule has 0 N–H and O–H groups in total. The van der Waals surface area contributed by atoms with E-state index in [1.54, 1.807) is 0 Å². The fourth-order valence-electron chi connectivity index (χ4n) is 2.77. The van der Waals surface area contributed by atoms with Crippen LogP contribution in [0.3, 0.4) is 0 Å². The molecular weight excluding hydrogens is 256 g/mol. The average Bonchev–Trinajstić information content (AvgIpc) is 2.98. The van der Waals surface area contributed by atoms with Crippen molar-refractivity contribution in [2.75, 3.05) is 13.4 Å². The summed E-state index contributed by atoms with van der Waals surface area (Å²) >= 11 is 0. The van der Waals surface area contributed by atoms with E-state index in [1.165, 1.54) is 4.90 Å². The van der Waals surface area contributed by atoms with Gasteiger partial charge in [-0.2, -0.15) is 0 Å². The highest BCUT2D eigenvalue weighted by Gasteiger charge is 2.37. The van der Waals surface area contributed by atoms with Gasteiger partial charge < -0.3 is 4.74 Å². The summed E-state index contributed by atoms with van der Waals surface area (Å²) in [5, 5.41) is 0. The van der Waals surface area contributed by atoms with Gasteiger partial charge in [0.05, 0.1) is 12.8 Å². The lowest BCUT2D eigenvalue weighted by Gasteiger charge is -2.26. The summed E-state index contributed by atoms with van der Waals surface area (Å²) < 4.78 is 5.82. The number of carbonyl (C=O) groups excluding carboxylic acids is 2. The maximum atomic E-state index is 11.7. The molecule has 2 fully saturated rings. The predicted molar refractivity (Wildman–Crippen MR) is 72.4 cm³/mol. The van der Waals surface area contributed by atoms with Gasteiger partial charge in [0.1, 0.15) is 6.73 Å². The van der Waals surface area contributed by atoms with Gasteiger partial charge in [0, 0.05) is 18.9 Å². The van der Waals surface area contributed by atoms with Crippen molar-refractivity contribution in [1.29, 1.82) is 0 Å². The molecule has 2 aliphatic rings. The zero-order chi connectivity index (χ0) is 14.1. The Balaban J connectivity index is 1.68. The second kappa shape index (κ2) is 5.34. The summed E-state index contributed by atoms with van der Waals surface area (Å²) in [5.41, 5.74) is 1.13. The Morgan fingerprint density at radius 3 is 2.45 bits per heavy atom. The third-order valence-electron chi connectivity index (χ3n) is 4.04. The first-order chi connectivity index (χ1) is 9.66. The van der Waals surface area contributed by atoms with Gasteiger partial charge in [-0.05, 0) is 12.5 Å². The van der Waals surface area contributed by atoms with E-state index in [2.05, 4.69) is 6.92 Å². The van der Waals surface area contributed by atoms with Crippen LogP contribution in [0.2, 0.25) is 0 Å². The van der Waals surface area contributed by atoms with Gasteiger partial charge in [0.2, 0.25) is 11.8 Å². The fourth-order valence-corrected chi connectivity index (χ4v) is 2.77. The molecule has 20 heavy (non-hydrogen) atoms. The molecule has 0 radical (unpaired) electrons. The predicted octanol–water partition coefficient (Wildman–Crippen LogP) is 1.51. The Morgan fingerprint density at radius 2 is 1.80 bits per heavy atom. The number of ether oxygens (including phenoxy) is 1. The van der Waals surface area contributed by atoms with E-state index in [4.69, 9.17) is 4.74 Å². The lowest BCUT2D eigenvalue weighted by Crippen LogP contribution is -2.42. The summed E-state index contributed by atoms with van der Waals surface area (Å²) in [5.74, 6) is -0.157. The second-order valence-corrected chi connectivity index (χ2v) is 5.31. The number of amides is 2. The van der Waals surface area contributed by atoms with Gasteiger partial charge in [-0.25, -0.2) is 0 Å². The standard InChI is InChI=1S/C15H18N2O3/c1-11-15(12-5-3-2-4-6-12)20-10-16(11)9-17-13(18)7-8-14(17)19/h2-6,11,15H,7-10H2,1H3/t11-,15-/m1/s1. The molecule has 0 unspecified atom stereocenters. The molecule has 3 rings (SSSR count). The van der Waals surface area contributed by atoms with Crippen LogP contribution in [0.25, 0.3) is 0 Å². The van der Waals surface area contributed by atoms with Gasteiger partial charge in [0.25, 0.3) is 0 Å². The highest BCUT2D eigenvalue weighted by Crippen LogP contribution is 2.31. The van der Waals surface area contributed by atoms with Crippen LogP contribution >= 0.6 is 0 Å². The topological polar surface area (TPSA) is 49.9 Å². The quantitative estimate of drug-likeness (QED) is 0.784. The lowest BCUT2D eigenvalue weighted by atomic mass is 10.0. The Morgan fingerprint density at radius 1 is 1.15 bits per heavy atom. The Hall–Kier alpha value is -1.72. The summed E-state index contributed by atoms with van der Waals surface area (Å²) in [4.78, 5) is 26.7. The maximum Gasteiger partial charge on any atom is 0.230 e. The van der Waals surface area contributed by atoms with E-state index in [9.17, 15) is 9.59 Å². The molecule has 0 aliphatic carbocycles. The molecule has 1 aromatic rings. The molecule has 2 heterocycles. The molecule has 0 bridgehead atoms. The molecular formula is C15H18N2O3. The molecule has 2 amide bonds. The van der Waals surface area contributed by atoms with Gasteiger partial charge in [-0.3, -0.25) is 19.4 Å². The van der Waals surface area contributed by atoms with Crippen molar-refractivity contribution in [2.45, 2.75) is 31.9 Å². The number of imide groups is 1. The van der Waals surface area contributed by atoms with E-state index < -0.39 is 0 Å². The Kier molecular flexibility index (Phi) is 3.54. The van der Waals surface area contributed by atoms with Crippen molar-refractivity contribution < 1.29 is 14.3 Å². The van der Waals surface area contributed by atoms with Gasteiger partial charge in [-0.1, -0.05) is 30.3 Å². The minimum Gasteiger partial charge on any atom is -0.356 e. The third kappa shape index (κ3) is 2.34. The molecule has 2 atom stereocenters. The van der Waals surface area contributed by atoms with E-state index in [0.29, 0.717) is 26.2 Å². The average molecular weight is 274 g/mol. The van der Waals surface area contributed by atoms with Crippen molar-refractivity contribution in [3.8, 4) is 0 Å². The number of hydrogen-bond acceptors (Lipinski definition) is 4. The number of benzene rings is 1. The largest absolute Gasteiger partial charge is 0.356 e. The van der Waals surface area contributed by atoms with Crippen LogP contribution in [0.5, 0.6) is 0 Å². The minimum absolute atomic E-state index is 0.0102. The minimum atomic E-state index is -0.0784. The Labute approximate surface area is 118 Å². The molecule has 2 saturated heterocycles. The molecule has 5 heteroatoms. The normalized spacial score (nSPS) is 27.6. The SMILES string of the molecule is C[C@@H]1[C@H](c2ccccc2)OCN1CN1C(=O)CCC1=O. The first-order valence-corrected chi connectivity index (χ1v) is 6.90. The van der Waals surface area contributed by atoms with Crippen molar-refractivity contribution in [3.63, 3.8) is 0 Å². The molecule has 1 aromatic carbocycles. The molecule has 0 saturated carbocycles. The molecule has 0 aromatic heterocycles. The number of hydrogen-bond donors (Lipinski definition) is 0. The van der Waals surface area contributed by atoms with Crippen molar-refractivity contribution in [2.24, 2.45) is 0 Å². The van der Waals surface area contributed by atoms with Gasteiger partial charge >= 0.3 is 0 Å². The zero-order valence-corrected chi connectivity index (χ0v) is 11.5. The van der Waals surface area contributed by atoms with Crippen LogP contribution in [0, 0.1) is 0 Å². The number of rotatable bonds is 3. The molecule has 2 aliphatic heterocycles. The molecule has 106 valence electrons. The van der Waals surface area contributed by atoms with Crippen molar-refractivity contribution in [1.82, 2.24) is 9.80 Å². The number of likely N-dealkylation sites (tertiary alicyclic amines) is 1. The maximum absolute atomic E-state index is 11.7. The van der Waals surface area contributed by atoms with Gasteiger partial charge in [-0.15, -0.1) is 0 Å². The fraction of sp³-hybridized carbons (Fsp3) is 0.467. The van der Waals surface area contributed by atoms with E-state index in [-0.39, 0.29) is 24.0 Å². The summed E-state index contributed by atoms with van der Waals surface area (Å²) in [6.07, 6.45) is 0.664. The lowest BCUT2D eigenvalue weighted by molar-refractivity contribution is -0.141. The first kappa shape index (κ1) is 13.3. The highest BCUT2D eigenvalue weighted by molar-refractivity contribution is 6.01. The van der Waals surface area contributed by atoms with E-state index >= 15 is 0 Å². The highest BCUT2D eigenvalue weighted by atomic mass is 16.5.